The van der Waals surface area contributed by atoms with Crippen molar-refractivity contribution in [1.29, 1.82) is 0 Å². The second kappa shape index (κ2) is 9.04. The second-order valence-electron chi connectivity index (χ2n) is 6.49. The molecule has 1 amide bonds. The third kappa shape index (κ3) is 4.50. The van der Waals surface area contributed by atoms with Gasteiger partial charge in [-0.3, -0.25) is 19.8 Å². The number of halogens is 1. The van der Waals surface area contributed by atoms with E-state index in [9.17, 15) is 14.9 Å². The maximum Gasteiger partial charge on any atom is 0.269 e. The monoisotopic (exact) mass is 451 g/mol. The Morgan fingerprint density at radius 1 is 1.24 bits per heavy atom. The van der Waals surface area contributed by atoms with Gasteiger partial charge in [-0.2, -0.15) is 5.10 Å². The Balaban J connectivity index is 0.00000240. The van der Waals surface area contributed by atoms with E-state index in [4.69, 9.17) is 12.2 Å². The number of nitro benzene ring substituents is 1. The highest BCUT2D eigenvalue weighted by Crippen LogP contribution is 2.35. The molecule has 1 N–H and O–H groups in total. The normalized spacial score (nSPS) is 18.9. The van der Waals surface area contributed by atoms with Gasteiger partial charge in [-0.15, -0.1) is 12.4 Å². The van der Waals surface area contributed by atoms with Crippen molar-refractivity contribution in [2.24, 2.45) is 0 Å². The van der Waals surface area contributed by atoms with Gasteiger partial charge in [0.1, 0.15) is 4.32 Å². The summed E-state index contributed by atoms with van der Waals surface area (Å²) in [7, 11) is 0. The number of amides is 1. The van der Waals surface area contributed by atoms with Crippen LogP contribution < -0.4 is 5.32 Å². The maximum atomic E-state index is 12.8. The molecular formula is C18H18ClN5O3S2. The smallest absolute Gasteiger partial charge is 0.269 e. The van der Waals surface area contributed by atoms with Crippen molar-refractivity contribution in [1.82, 2.24) is 20.0 Å². The summed E-state index contributed by atoms with van der Waals surface area (Å²) in [5.74, 6) is -0.0632. The molecule has 2 aromatic rings. The van der Waals surface area contributed by atoms with Crippen LogP contribution in [-0.4, -0.2) is 49.0 Å². The molecule has 11 heteroatoms. The summed E-state index contributed by atoms with van der Waals surface area (Å²) < 4.78 is 2.21. The fourth-order valence-corrected chi connectivity index (χ4v) is 4.66. The summed E-state index contributed by atoms with van der Waals surface area (Å²) in [6, 6.07) is 8.06. The molecule has 1 aromatic carbocycles. The average Bonchev–Trinajstić information content (AvgIpc) is 3.27. The number of nitrogens with one attached hydrogen (secondary N) is 1. The fourth-order valence-electron chi connectivity index (χ4n) is 3.28. The third-order valence-corrected chi connectivity index (χ3v) is 6.04. The zero-order valence-electron chi connectivity index (χ0n) is 15.2. The van der Waals surface area contributed by atoms with Crippen molar-refractivity contribution in [2.75, 3.05) is 13.1 Å². The number of benzene rings is 1. The second-order valence-corrected chi connectivity index (χ2v) is 8.17. The highest BCUT2D eigenvalue weighted by Gasteiger charge is 2.37. The Hall–Kier alpha value is -2.27. The number of thioether (sulfide) groups is 1. The number of aromatic nitrogens is 2. The van der Waals surface area contributed by atoms with Crippen LogP contribution in [0.3, 0.4) is 0 Å². The molecule has 152 valence electrons. The highest BCUT2D eigenvalue weighted by atomic mass is 35.5. The zero-order valence-corrected chi connectivity index (χ0v) is 17.6. The van der Waals surface area contributed by atoms with Crippen LogP contribution in [0.2, 0.25) is 0 Å². The Labute approximate surface area is 182 Å². The molecule has 2 aliphatic rings. The molecule has 0 aliphatic carbocycles. The lowest BCUT2D eigenvalue weighted by Gasteiger charge is -2.30. The number of thiocarbonyl (C=S) groups is 1. The van der Waals surface area contributed by atoms with Gasteiger partial charge in [0.05, 0.1) is 21.2 Å². The first kappa shape index (κ1) is 21.4. The number of rotatable bonds is 4. The lowest BCUT2D eigenvalue weighted by atomic mass is 10.1. The van der Waals surface area contributed by atoms with Gasteiger partial charge in [0.15, 0.2) is 0 Å². The Morgan fingerprint density at radius 3 is 2.59 bits per heavy atom. The minimum atomic E-state index is -0.442. The van der Waals surface area contributed by atoms with Crippen molar-refractivity contribution in [3.05, 3.63) is 57.2 Å². The molecule has 0 spiro atoms. The lowest BCUT2D eigenvalue weighted by Crippen LogP contribution is -2.45. The number of piperidine rings is 1. The maximum absolute atomic E-state index is 12.8. The molecule has 1 aromatic heterocycles. The first-order valence-corrected chi connectivity index (χ1v) is 10.0. The summed E-state index contributed by atoms with van der Waals surface area (Å²) in [5.41, 5.74) is 1.36. The van der Waals surface area contributed by atoms with E-state index in [1.807, 2.05) is 0 Å². The van der Waals surface area contributed by atoms with Gasteiger partial charge in [-0.05, 0) is 50.2 Å². The van der Waals surface area contributed by atoms with Crippen molar-refractivity contribution >= 4 is 58.4 Å². The fraction of sp³-hybridized carbons (Fsp3) is 0.278. The lowest BCUT2D eigenvalue weighted by molar-refractivity contribution is -0.384. The topological polar surface area (TPSA) is 93.3 Å². The van der Waals surface area contributed by atoms with E-state index in [1.54, 1.807) is 40.1 Å². The molecule has 8 nitrogen and oxygen atoms in total. The number of carbonyl (C=O) groups excluding carboxylic acids is 1. The average molecular weight is 452 g/mol. The van der Waals surface area contributed by atoms with Gasteiger partial charge in [0, 0.05) is 24.4 Å². The largest absolute Gasteiger partial charge is 0.317 e. The van der Waals surface area contributed by atoms with Crippen molar-refractivity contribution in [3.8, 4) is 5.69 Å². The number of hydrogen-bond donors (Lipinski definition) is 1. The van der Waals surface area contributed by atoms with E-state index in [2.05, 4.69) is 10.4 Å². The molecule has 29 heavy (non-hydrogen) atoms. The highest BCUT2D eigenvalue weighted by molar-refractivity contribution is 8.26. The molecule has 2 saturated heterocycles. The quantitative estimate of drug-likeness (QED) is 0.330. The molecular weight excluding hydrogens is 434 g/mol. The standard InChI is InChI=1S/C18H17N5O3S2.ClH/c24-17-16(28-18(27)22(17)14-5-8-19-9-6-14)11-12-7-10-21(20-12)13-1-3-15(4-2-13)23(25)26;/h1-4,7,10-11,14,19H,5-6,8-9H2;1H/b16-11-;. The first-order chi connectivity index (χ1) is 13.5. The van der Waals surface area contributed by atoms with Gasteiger partial charge in [0.2, 0.25) is 0 Å². The molecule has 0 saturated carbocycles. The van der Waals surface area contributed by atoms with Crippen LogP contribution in [0.15, 0.2) is 41.4 Å². The van der Waals surface area contributed by atoms with E-state index in [-0.39, 0.29) is 30.0 Å². The van der Waals surface area contributed by atoms with Crippen LogP contribution in [0.4, 0.5) is 5.69 Å². The minimum Gasteiger partial charge on any atom is -0.317 e. The van der Waals surface area contributed by atoms with Crippen LogP contribution in [0.5, 0.6) is 0 Å². The first-order valence-electron chi connectivity index (χ1n) is 8.81. The molecule has 4 rings (SSSR count). The number of non-ortho nitro benzene ring substituents is 1. The number of nitrogens with zero attached hydrogens (tertiary/aromatic N) is 4. The van der Waals surface area contributed by atoms with E-state index in [0.29, 0.717) is 20.6 Å². The van der Waals surface area contributed by atoms with Crippen LogP contribution in [0, 0.1) is 10.1 Å². The van der Waals surface area contributed by atoms with Gasteiger partial charge in [-0.25, -0.2) is 4.68 Å². The van der Waals surface area contributed by atoms with Gasteiger partial charge >= 0.3 is 0 Å². The Morgan fingerprint density at radius 2 is 1.93 bits per heavy atom. The van der Waals surface area contributed by atoms with Crippen molar-refractivity contribution in [2.45, 2.75) is 18.9 Å². The minimum absolute atomic E-state index is 0. The molecule has 0 unspecified atom stereocenters. The van der Waals surface area contributed by atoms with Crippen LogP contribution >= 0.6 is 36.4 Å². The molecule has 0 radical (unpaired) electrons. The Bertz CT molecular complexity index is 970. The van der Waals surface area contributed by atoms with Crippen LogP contribution in [0.25, 0.3) is 11.8 Å². The third-order valence-electron chi connectivity index (χ3n) is 4.71. The SMILES string of the molecule is Cl.O=C1/C(=C/c2ccn(-c3ccc([N+](=O)[O-])cc3)n2)SC(=S)N1C1CCNCC1. The van der Waals surface area contributed by atoms with E-state index in [0.717, 1.165) is 25.9 Å². The van der Waals surface area contributed by atoms with Gasteiger partial charge in [0.25, 0.3) is 11.6 Å². The predicted molar refractivity (Wildman–Crippen MR) is 118 cm³/mol. The zero-order chi connectivity index (χ0) is 19.7. The van der Waals surface area contributed by atoms with Crippen molar-refractivity contribution in [3.63, 3.8) is 0 Å². The summed E-state index contributed by atoms with van der Waals surface area (Å²) in [6.45, 7) is 1.78. The van der Waals surface area contributed by atoms with Gasteiger partial charge < -0.3 is 5.32 Å². The van der Waals surface area contributed by atoms with E-state index >= 15 is 0 Å². The Kier molecular flexibility index (Phi) is 6.68. The van der Waals surface area contributed by atoms with Crippen molar-refractivity contribution < 1.29 is 9.72 Å². The number of nitro groups is 1. The number of hydrogen-bond acceptors (Lipinski definition) is 7. The molecule has 2 aliphatic heterocycles. The van der Waals surface area contributed by atoms with E-state index in [1.165, 1.54) is 23.9 Å². The predicted octanol–water partition coefficient (Wildman–Crippen LogP) is 3.16. The summed E-state index contributed by atoms with van der Waals surface area (Å²) in [6.07, 6.45) is 5.28. The van der Waals surface area contributed by atoms with Gasteiger partial charge in [-0.1, -0.05) is 24.0 Å². The molecule has 3 heterocycles. The molecule has 2 fully saturated rings. The number of carbonyl (C=O) groups is 1. The molecule has 0 atom stereocenters. The summed E-state index contributed by atoms with van der Waals surface area (Å²) in [5, 5.41) is 18.5. The van der Waals surface area contributed by atoms with Crippen LogP contribution in [-0.2, 0) is 4.79 Å². The molecule has 0 bridgehead atoms. The van der Waals surface area contributed by atoms with E-state index < -0.39 is 4.92 Å². The summed E-state index contributed by atoms with van der Waals surface area (Å²) >= 11 is 6.74. The summed E-state index contributed by atoms with van der Waals surface area (Å²) in [4.78, 5) is 25.5. The van der Waals surface area contributed by atoms with Crippen LogP contribution in [0.1, 0.15) is 18.5 Å².